The van der Waals surface area contributed by atoms with E-state index in [0.29, 0.717) is 18.6 Å². The molecule has 5 rings (SSSR count). The van der Waals surface area contributed by atoms with Gasteiger partial charge in [0, 0.05) is 82.2 Å². The van der Waals surface area contributed by atoms with Crippen molar-refractivity contribution in [2.75, 3.05) is 70.3 Å². The van der Waals surface area contributed by atoms with Crippen LogP contribution in [0.15, 0.2) is 36.4 Å². The average molecular weight is 452 g/mol. The molecule has 0 spiro atoms. The molecular weight excluding hydrogens is 414 g/mol. The molecule has 7 heteroatoms. The van der Waals surface area contributed by atoms with E-state index in [2.05, 4.69) is 39.8 Å². The van der Waals surface area contributed by atoms with Crippen LogP contribution in [-0.4, -0.2) is 109 Å². The molecule has 2 amide bonds. The SMILES string of the molecule is CC1CCCN1C(=O)c1cccc(N2CCN(CC(=O)N3CCN(C4C=CC4)CC3)CC2)c1. The maximum atomic E-state index is 12.9. The fraction of sp³-hybridized carbons (Fsp3) is 0.615. The number of carbonyl (C=O) groups is 2. The molecule has 4 aliphatic rings. The van der Waals surface area contributed by atoms with Gasteiger partial charge in [-0.3, -0.25) is 19.4 Å². The Bertz CT molecular complexity index is 886. The van der Waals surface area contributed by atoms with Crippen LogP contribution in [0.2, 0.25) is 0 Å². The Morgan fingerprint density at radius 2 is 1.73 bits per heavy atom. The molecule has 1 aliphatic carbocycles. The van der Waals surface area contributed by atoms with Crippen molar-refractivity contribution in [3.8, 4) is 0 Å². The molecule has 1 aromatic rings. The maximum Gasteiger partial charge on any atom is 0.254 e. The van der Waals surface area contributed by atoms with Crippen LogP contribution >= 0.6 is 0 Å². The topological polar surface area (TPSA) is 50.3 Å². The van der Waals surface area contributed by atoms with Crippen molar-refractivity contribution in [3.05, 3.63) is 42.0 Å². The summed E-state index contributed by atoms with van der Waals surface area (Å²) >= 11 is 0. The molecule has 2 unspecified atom stereocenters. The summed E-state index contributed by atoms with van der Waals surface area (Å²) in [6, 6.07) is 9.01. The molecule has 0 saturated carbocycles. The molecule has 0 aromatic heterocycles. The van der Waals surface area contributed by atoms with E-state index in [4.69, 9.17) is 0 Å². The Kier molecular flexibility index (Phi) is 6.69. The van der Waals surface area contributed by atoms with Crippen LogP contribution < -0.4 is 4.90 Å². The molecule has 0 N–H and O–H groups in total. The molecular formula is C26H37N5O2. The standard InChI is InChI=1S/C26H37N5O2/c1-21-5-4-10-31(21)26(33)22-6-2-9-24(19-22)29-13-11-27(12-14-29)20-25(32)30-17-15-28(16-18-30)23-7-3-8-23/h2-3,6-7,9,19,21,23H,4-5,8,10-18,20H2,1H3. The number of piperazine rings is 2. The summed E-state index contributed by atoms with van der Waals surface area (Å²) in [5.74, 6) is 0.416. The summed E-state index contributed by atoms with van der Waals surface area (Å²) in [6.07, 6.45) is 7.85. The number of carbonyl (C=O) groups excluding carboxylic acids is 2. The molecule has 3 fully saturated rings. The predicted octanol–water partition coefficient (Wildman–Crippen LogP) is 1.91. The van der Waals surface area contributed by atoms with Crippen molar-refractivity contribution in [2.45, 2.75) is 38.3 Å². The van der Waals surface area contributed by atoms with Crippen LogP contribution in [0, 0.1) is 0 Å². The summed E-state index contributed by atoms with van der Waals surface area (Å²) in [5, 5.41) is 0. The number of benzene rings is 1. The van der Waals surface area contributed by atoms with Crippen LogP contribution in [0.4, 0.5) is 5.69 Å². The minimum atomic E-state index is 0.152. The summed E-state index contributed by atoms with van der Waals surface area (Å²) < 4.78 is 0. The first kappa shape index (κ1) is 22.4. The van der Waals surface area contributed by atoms with Gasteiger partial charge in [0.15, 0.2) is 0 Å². The van der Waals surface area contributed by atoms with E-state index in [1.165, 1.54) is 0 Å². The molecule has 0 bridgehead atoms. The summed E-state index contributed by atoms with van der Waals surface area (Å²) in [5.41, 5.74) is 1.90. The van der Waals surface area contributed by atoms with Crippen molar-refractivity contribution in [1.29, 1.82) is 0 Å². The Balaban J connectivity index is 1.10. The smallest absolute Gasteiger partial charge is 0.254 e. The highest BCUT2D eigenvalue weighted by Gasteiger charge is 2.29. The lowest BCUT2D eigenvalue weighted by atomic mass is 10.0. The molecule has 178 valence electrons. The number of anilines is 1. The van der Waals surface area contributed by atoms with Gasteiger partial charge in [0.25, 0.3) is 5.91 Å². The second-order valence-electron chi connectivity index (χ2n) is 9.95. The first-order valence-electron chi connectivity index (χ1n) is 12.7. The quantitative estimate of drug-likeness (QED) is 0.640. The fourth-order valence-corrected chi connectivity index (χ4v) is 5.52. The Labute approximate surface area is 197 Å². The second-order valence-corrected chi connectivity index (χ2v) is 9.95. The van der Waals surface area contributed by atoms with E-state index in [9.17, 15) is 9.59 Å². The van der Waals surface area contributed by atoms with Crippen molar-refractivity contribution >= 4 is 17.5 Å². The van der Waals surface area contributed by atoms with Crippen LogP contribution in [0.3, 0.4) is 0 Å². The Morgan fingerprint density at radius 3 is 2.36 bits per heavy atom. The van der Waals surface area contributed by atoms with Crippen LogP contribution in [-0.2, 0) is 4.79 Å². The fourth-order valence-electron chi connectivity index (χ4n) is 5.52. The van der Waals surface area contributed by atoms with Gasteiger partial charge in [-0.05, 0) is 44.4 Å². The Morgan fingerprint density at radius 1 is 0.970 bits per heavy atom. The minimum Gasteiger partial charge on any atom is -0.369 e. The van der Waals surface area contributed by atoms with Gasteiger partial charge < -0.3 is 14.7 Å². The predicted molar refractivity (Wildman–Crippen MR) is 131 cm³/mol. The summed E-state index contributed by atoms with van der Waals surface area (Å²) in [7, 11) is 0. The number of hydrogen-bond donors (Lipinski definition) is 0. The lowest BCUT2D eigenvalue weighted by Gasteiger charge is -2.41. The number of hydrogen-bond acceptors (Lipinski definition) is 5. The van der Waals surface area contributed by atoms with Crippen molar-refractivity contribution in [3.63, 3.8) is 0 Å². The highest BCUT2D eigenvalue weighted by atomic mass is 16.2. The van der Waals surface area contributed by atoms with Gasteiger partial charge in [0.1, 0.15) is 0 Å². The first-order chi connectivity index (χ1) is 16.1. The van der Waals surface area contributed by atoms with E-state index in [1.807, 2.05) is 28.0 Å². The van der Waals surface area contributed by atoms with E-state index < -0.39 is 0 Å². The van der Waals surface area contributed by atoms with Gasteiger partial charge in [0.2, 0.25) is 5.91 Å². The largest absolute Gasteiger partial charge is 0.369 e. The lowest BCUT2D eigenvalue weighted by molar-refractivity contribution is -0.134. The zero-order valence-corrected chi connectivity index (χ0v) is 19.9. The normalized spacial score (nSPS) is 26.5. The number of likely N-dealkylation sites (tertiary alicyclic amines) is 1. The second kappa shape index (κ2) is 9.85. The molecule has 7 nitrogen and oxygen atoms in total. The maximum absolute atomic E-state index is 12.9. The summed E-state index contributed by atoms with van der Waals surface area (Å²) in [4.78, 5) is 37.0. The first-order valence-corrected chi connectivity index (χ1v) is 12.7. The third kappa shape index (κ3) is 4.94. The van der Waals surface area contributed by atoms with E-state index in [0.717, 1.165) is 89.4 Å². The van der Waals surface area contributed by atoms with Gasteiger partial charge in [-0.2, -0.15) is 0 Å². The lowest BCUT2D eigenvalue weighted by Crippen LogP contribution is -2.55. The van der Waals surface area contributed by atoms with E-state index in [-0.39, 0.29) is 11.8 Å². The number of rotatable bonds is 5. The molecule has 3 heterocycles. The van der Waals surface area contributed by atoms with Gasteiger partial charge in [-0.15, -0.1) is 0 Å². The Hall–Kier alpha value is -2.38. The molecule has 3 aliphatic heterocycles. The van der Waals surface area contributed by atoms with Crippen molar-refractivity contribution in [2.24, 2.45) is 0 Å². The van der Waals surface area contributed by atoms with Crippen LogP contribution in [0.25, 0.3) is 0 Å². The average Bonchev–Trinajstić information content (AvgIpc) is 3.24. The zero-order valence-electron chi connectivity index (χ0n) is 19.9. The summed E-state index contributed by atoms with van der Waals surface area (Å²) in [6.45, 7) is 10.7. The van der Waals surface area contributed by atoms with E-state index in [1.54, 1.807) is 0 Å². The molecule has 0 radical (unpaired) electrons. The van der Waals surface area contributed by atoms with Crippen molar-refractivity contribution in [1.82, 2.24) is 19.6 Å². The highest BCUT2D eigenvalue weighted by Crippen LogP contribution is 2.23. The van der Waals surface area contributed by atoms with Gasteiger partial charge >= 0.3 is 0 Å². The van der Waals surface area contributed by atoms with Gasteiger partial charge in [-0.1, -0.05) is 18.2 Å². The minimum absolute atomic E-state index is 0.152. The van der Waals surface area contributed by atoms with Gasteiger partial charge in [-0.25, -0.2) is 0 Å². The van der Waals surface area contributed by atoms with Crippen LogP contribution in [0.5, 0.6) is 0 Å². The third-order valence-corrected chi connectivity index (χ3v) is 7.88. The van der Waals surface area contributed by atoms with E-state index >= 15 is 0 Å². The molecule has 2 atom stereocenters. The molecule has 33 heavy (non-hydrogen) atoms. The highest BCUT2D eigenvalue weighted by molar-refractivity contribution is 5.95. The monoisotopic (exact) mass is 451 g/mol. The zero-order chi connectivity index (χ0) is 22.8. The third-order valence-electron chi connectivity index (χ3n) is 7.88. The van der Waals surface area contributed by atoms with Crippen molar-refractivity contribution < 1.29 is 9.59 Å². The van der Waals surface area contributed by atoms with Crippen LogP contribution in [0.1, 0.15) is 36.5 Å². The number of amides is 2. The van der Waals surface area contributed by atoms with Gasteiger partial charge in [0.05, 0.1) is 6.54 Å². The number of nitrogens with zero attached hydrogens (tertiary/aromatic N) is 5. The molecule has 1 aromatic carbocycles. The molecule has 3 saturated heterocycles.